The van der Waals surface area contributed by atoms with Gasteiger partial charge in [0.25, 0.3) is 5.91 Å². The van der Waals surface area contributed by atoms with Crippen LogP contribution in [0.2, 0.25) is 0 Å². The number of pyridine rings is 1. The summed E-state index contributed by atoms with van der Waals surface area (Å²) in [7, 11) is 0. The Bertz CT molecular complexity index is 516. The molecule has 1 aromatic heterocycles. The SMILES string of the molecule is C[C@H]1C[C@@H](NC(=S)NC(=O)c2cccnc2)CC(C)(C)C1. The van der Waals surface area contributed by atoms with E-state index in [-0.39, 0.29) is 5.91 Å². The molecule has 5 heteroatoms. The highest BCUT2D eigenvalue weighted by molar-refractivity contribution is 7.80. The lowest BCUT2D eigenvalue weighted by Crippen LogP contribution is -2.48. The number of amides is 1. The van der Waals surface area contributed by atoms with Gasteiger partial charge < -0.3 is 5.32 Å². The van der Waals surface area contributed by atoms with E-state index in [1.165, 1.54) is 12.6 Å². The fraction of sp³-hybridized carbons (Fsp3) is 0.562. The van der Waals surface area contributed by atoms with Gasteiger partial charge in [0.15, 0.2) is 5.11 Å². The van der Waals surface area contributed by atoms with E-state index in [9.17, 15) is 4.79 Å². The maximum absolute atomic E-state index is 12.0. The maximum atomic E-state index is 12.0. The molecule has 0 spiro atoms. The number of carbonyl (C=O) groups excluding carboxylic acids is 1. The third-order valence-corrected chi connectivity index (χ3v) is 4.09. The second kappa shape index (κ2) is 6.52. The van der Waals surface area contributed by atoms with Crippen LogP contribution in [0, 0.1) is 11.3 Å². The summed E-state index contributed by atoms with van der Waals surface area (Å²) in [5.41, 5.74) is 0.831. The average Bonchev–Trinajstić information content (AvgIpc) is 2.36. The van der Waals surface area contributed by atoms with E-state index in [1.807, 2.05) is 0 Å². The molecule has 1 aliphatic rings. The van der Waals surface area contributed by atoms with E-state index >= 15 is 0 Å². The van der Waals surface area contributed by atoms with E-state index in [0.29, 0.717) is 28.1 Å². The summed E-state index contributed by atoms with van der Waals surface area (Å²) < 4.78 is 0. The van der Waals surface area contributed by atoms with E-state index in [0.717, 1.165) is 12.8 Å². The van der Waals surface area contributed by atoms with E-state index < -0.39 is 0 Å². The molecule has 0 aromatic carbocycles. The average molecular weight is 305 g/mol. The Morgan fingerprint density at radius 3 is 2.81 bits per heavy atom. The minimum absolute atomic E-state index is 0.219. The molecule has 2 atom stereocenters. The third-order valence-electron chi connectivity index (χ3n) is 3.87. The van der Waals surface area contributed by atoms with Gasteiger partial charge >= 0.3 is 0 Å². The Kier molecular flexibility index (Phi) is 4.93. The first-order valence-electron chi connectivity index (χ1n) is 7.37. The Balaban J connectivity index is 1.88. The first kappa shape index (κ1) is 15.9. The molecule has 0 aliphatic heterocycles. The zero-order valence-electron chi connectivity index (χ0n) is 12.8. The molecule has 1 saturated carbocycles. The topological polar surface area (TPSA) is 54.0 Å². The minimum atomic E-state index is -0.219. The largest absolute Gasteiger partial charge is 0.360 e. The van der Waals surface area contributed by atoms with Crippen LogP contribution in [0.25, 0.3) is 0 Å². The molecular weight excluding hydrogens is 282 g/mol. The number of thiocarbonyl (C=S) groups is 1. The summed E-state index contributed by atoms with van der Waals surface area (Å²) in [5.74, 6) is 0.451. The number of carbonyl (C=O) groups is 1. The fourth-order valence-corrected chi connectivity index (χ4v) is 3.61. The van der Waals surface area contributed by atoms with Crippen molar-refractivity contribution in [2.75, 3.05) is 0 Å². The molecule has 114 valence electrons. The molecule has 2 rings (SSSR count). The predicted molar refractivity (Wildman–Crippen MR) is 88.0 cm³/mol. The molecule has 1 amide bonds. The van der Waals surface area contributed by atoms with Crippen molar-refractivity contribution in [1.82, 2.24) is 15.6 Å². The van der Waals surface area contributed by atoms with E-state index in [4.69, 9.17) is 12.2 Å². The van der Waals surface area contributed by atoms with Crippen LogP contribution in [-0.2, 0) is 0 Å². The van der Waals surface area contributed by atoms with Gasteiger partial charge in [-0.3, -0.25) is 15.1 Å². The Morgan fingerprint density at radius 1 is 1.43 bits per heavy atom. The molecule has 21 heavy (non-hydrogen) atoms. The van der Waals surface area contributed by atoms with Gasteiger partial charge in [0.2, 0.25) is 0 Å². The van der Waals surface area contributed by atoms with Crippen LogP contribution >= 0.6 is 12.2 Å². The lowest BCUT2D eigenvalue weighted by molar-refractivity contribution is 0.0975. The lowest BCUT2D eigenvalue weighted by atomic mass is 9.71. The van der Waals surface area contributed by atoms with Crippen molar-refractivity contribution in [1.29, 1.82) is 0 Å². The molecule has 2 N–H and O–H groups in total. The van der Waals surface area contributed by atoms with Crippen molar-refractivity contribution in [3.8, 4) is 0 Å². The lowest BCUT2D eigenvalue weighted by Gasteiger charge is -2.39. The predicted octanol–water partition coefficient (Wildman–Crippen LogP) is 2.90. The molecule has 1 aliphatic carbocycles. The summed E-state index contributed by atoms with van der Waals surface area (Å²) in [6.45, 7) is 6.84. The van der Waals surface area contributed by atoms with Gasteiger partial charge in [-0.25, -0.2) is 0 Å². The molecule has 0 unspecified atom stereocenters. The number of nitrogens with one attached hydrogen (secondary N) is 2. The first-order valence-corrected chi connectivity index (χ1v) is 7.78. The molecule has 0 bridgehead atoms. The molecule has 1 heterocycles. The van der Waals surface area contributed by atoms with Crippen LogP contribution in [-0.4, -0.2) is 22.0 Å². The van der Waals surface area contributed by atoms with Gasteiger partial charge in [0, 0.05) is 18.4 Å². The van der Waals surface area contributed by atoms with Crippen LogP contribution in [0.4, 0.5) is 0 Å². The van der Waals surface area contributed by atoms with Crippen molar-refractivity contribution in [2.24, 2.45) is 11.3 Å². The molecule has 1 aromatic rings. The van der Waals surface area contributed by atoms with Crippen molar-refractivity contribution in [2.45, 2.75) is 46.1 Å². The number of nitrogens with zero attached hydrogens (tertiary/aromatic N) is 1. The zero-order valence-corrected chi connectivity index (χ0v) is 13.7. The van der Waals surface area contributed by atoms with Gasteiger partial charge in [-0.05, 0) is 54.9 Å². The summed E-state index contributed by atoms with van der Waals surface area (Å²) >= 11 is 5.26. The summed E-state index contributed by atoms with van der Waals surface area (Å²) in [6, 6.07) is 3.78. The Labute approximate surface area is 131 Å². The van der Waals surface area contributed by atoms with Gasteiger partial charge in [0.1, 0.15) is 0 Å². The highest BCUT2D eigenvalue weighted by atomic mass is 32.1. The van der Waals surface area contributed by atoms with Crippen molar-refractivity contribution < 1.29 is 4.79 Å². The molecular formula is C16H23N3OS. The monoisotopic (exact) mass is 305 g/mol. The van der Waals surface area contributed by atoms with Gasteiger partial charge in [-0.1, -0.05) is 20.8 Å². The van der Waals surface area contributed by atoms with Crippen LogP contribution < -0.4 is 10.6 Å². The van der Waals surface area contributed by atoms with Crippen LogP contribution in [0.5, 0.6) is 0 Å². The summed E-state index contributed by atoms with van der Waals surface area (Å²) in [4.78, 5) is 15.9. The number of hydrogen-bond acceptors (Lipinski definition) is 3. The number of hydrogen-bond donors (Lipinski definition) is 2. The standard InChI is InChI=1S/C16H23N3OS/c1-11-7-13(9-16(2,3)8-11)18-15(21)19-14(20)12-5-4-6-17-10-12/h4-6,10-11,13H,7-9H2,1-3H3,(H2,18,19,20,21)/t11-,13+/m0/s1. The van der Waals surface area contributed by atoms with Crippen molar-refractivity contribution in [3.63, 3.8) is 0 Å². The maximum Gasteiger partial charge on any atom is 0.258 e. The van der Waals surface area contributed by atoms with Gasteiger partial charge in [-0.2, -0.15) is 0 Å². The first-order chi connectivity index (χ1) is 9.85. The second-order valence-electron chi connectivity index (χ2n) is 6.78. The smallest absolute Gasteiger partial charge is 0.258 e. The quantitative estimate of drug-likeness (QED) is 0.825. The van der Waals surface area contributed by atoms with Gasteiger partial charge in [-0.15, -0.1) is 0 Å². The molecule has 0 radical (unpaired) electrons. The Hall–Kier alpha value is -1.49. The van der Waals surface area contributed by atoms with Crippen LogP contribution in [0.1, 0.15) is 50.4 Å². The number of aromatic nitrogens is 1. The summed E-state index contributed by atoms with van der Waals surface area (Å²) in [6.07, 6.45) is 6.56. The fourth-order valence-electron chi connectivity index (χ4n) is 3.35. The third kappa shape index (κ3) is 4.77. The zero-order chi connectivity index (χ0) is 15.5. The number of rotatable bonds is 2. The normalized spacial score (nSPS) is 24.1. The van der Waals surface area contributed by atoms with Gasteiger partial charge in [0.05, 0.1) is 5.56 Å². The van der Waals surface area contributed by atoms with Crippen molar-refractivity contribution >= 4 is 23.2 Å². The Morgan fingerprint density at radius 2 is 2.19 bits per heavy atom. The second-order valence-corrected chi connectivity index (χ2v) is 7.19. The van der Waals surface area contributed by atoms with Crippen LogP contribution in [0.15, 0.2) is 24.5 Å². The van der Waals surface area contributed by atoms with E-state index in [1.54, 1.807) is 18.3 Å². The van der Waals surface area contributed by atoms with Crippen molar-refractivity contribution in [3.05, 3.63) is 30.1 Å². The highest BCUT2D eigenvalue weighted by Gasteiger charge is 2.32. The minimum Gasteiger partial charge on any atom is -0.360 e. The molecule has 0 saturated heterocycles. The molecule has 4 nitrogen and oxygen atoms in total. The van der Waals surface area contributed by atoms with E-state index in [2.05, 4.69) is 36.4 Å². The summed E-state index contributed by atoms with van der Waals surface area (Å²) in [5, 5.41) is 6.41. The highest BCUT2D eigenvalue weighted by Crippen LogP contribution is 2.38. The van der Waals surface area contributed by atoms with Crippen LogP contribution in [0.3, 0.4) is 0 Å². The molecule has 1 fully saturated rings.